The standard InChI is InChI=1S/C17H26N2O2/c1-5-18-15-8-9-19(11-13(15)3)17(20)14-7-6-12(2)16(10-14)21-4/h6-7,10,13,15,18H,5,8-9,11H2,1-4H3. The van der Waals surface area contributed by atoms with E-state index in [0.717, 1.165) is 37.4 Å². The summed E-state index contributed by atoms with van der Waals surface area (Å²) in [6, 6.07) is 6.20. The molecule has 1 heterocycles. The number of rotatable bonds is 4. The number of methoxy groups -OCH3 is 1. The monoisotopic (exact) mass is 290 g/mol. The van der Waals surface area contributed by atoms with Gasteiger partial charge >= 0.3 is 0 Å². The van der Waals surface area contributed by atoms with Crippen LogP contribution in [0.25, 0.3) is 0 Å². The highest BCUT2D eigenvalue weighted by molar-refractivity contribution is 5.94. The molecule has 2 atom stereocenters. The van der Waals surface area contributed by atoms with E-state index in [0.29, 0.717) is 17.5 Å². The number of likely N-dealkylation sites (tertiary alicyclic amines) is 1. The van der Waals surface area contributed by atoms with Crippen LogP contribution in [-0.2, 0) is 0 Å². The minimum atomic E-state index is 0.107. The summed E-state index contributed by atoms with van der Waals surface area (Å²) in [5.74, 6) is 1.36. The van der Waals surface area contributed by atoms with Crippen molar-refractivity contribution < 1.29 is 9.53 Å². The third-order valence-electron chi connectivity index (χ3n) is 4.31. The van der Waals surface area contributed by atoms with Crippen molar-refractivity contribution in [2.75, 3.05) is 26.7 Å². The zero-order valence-corrected chi connectivity index (χ0v) is 13.5. The molecular formula is C17H26N2O2. The first kappa shape index (κ1) is 15.8. The molecule has 1 N–H and O–H groups in total. The maximum Gasteiger partial charge on any atom is 0.253 e. The molecule has 1 aromatic carbocycles. The van der Waals surface area contributed by atoms with Crippen molar-refractivity contribution in [1.29, 1.82) is 0 Å². The lowest BCUT2D eigenvalue weighted by Crippen LogP contribution is -2.50. The lowest BCUT2D eigenvalue weighted by atomic mass is 9.93. The quantitative estimate of drug-likeness (QED) is 0.926. The Morgan fingerprint density at radius 1 is 1.48 bits per heavy atom. The van der Waals surface area contributed by atoms with Crippen molar-refractivity contribution in [3.63, 3.8) is 0 Å². The molecule has 116 valence electrons. The van der Waals surface area contributed by atoms with E-state index in [2.05, 4.69) is 19.2 Å². The molecule has 4 heteroatoms. The van der Waals surface area contributed by atoms with E-state index >= 15 is 0 Å². The lowest BCUT2D eigenvalue weighted by Gasteiger charge is -2.37. The Hall–Kier alpha value is -1.55. The van der Waals surface area contributed by atoms with Crippen LogP contribution in [0, 0.1) is 12.8 Å². The van der Waals surface area contributed by atoms with Crippen LogP contribution in [0.2, 0.25) is 0 Å². The average molecular weight is 290 g/mol. The summed E-state index contributed by atoms with van der Waals surface area (Å²) in [7, 11) is 1.64. The van der Waals surface area contributed by atoms with Gasteiger partial charge < -0.3 is 15.0 Å². The second-order valence-corrected chi connectivity index (χ2v) is 5.87. The van der Waals surface area contributed by atoms with Crippen molar-refractivity contribution in [3.05, 3.63) is 29.3 Å². The van der Waals surface area contributed by atoms with Gasteiger partial charge in [0, 0.05) is 24.7 Å². The van der Waals surface area contributed by atoms with Gasteiger partial charge in [0.15, 0.2) is 0 Å². The molecule has 1 aromatic rings. The largest absolute Gasteiger partial charge is 0.496 e. The maximum atomic E-state index is 12.6. The van der Waals surface area contributed by atoms with Crippen molar-refractivity contribution in [2.45, 2.75) is 33.2 Å². The predicted octanol–water partition coefficient (Wildman–Crippen LogP) is 2.46. The molecule has 2 rings (SSSR count). The fourth-order valence-corrected chi connectivity index (χ4v) is 3.03. The van der Waals surface area contributed by atoms with Crippen LogP contribution in [0.15, 0.2) is 18.2 Å². The number of nitrogens with one attached hydrogen (secondary N) is 1. The first-order valence-corrected chi connectivity index (χ1v) is 7.74. The van der Waals surface area contributed by atoms with Crippen LogP contribution in [0.1, 0.15) is 36.2 Å². The van der Waals surface area contributed by atoms with Crippen LogP contribution in [-0.4, -0.2) is 43.6 Å². The summed E-state index contributed by atoms with van der Waals surface area (Å²) in [6.07, 6.45) is 1.02. The van der Waals surface area contributed by atoms with Gasteiger partial charge in [-0.1, -0.05) is 19.9 Å². The molecule has 0 radical (unpaired) electrons. The number of hydrogen-bond acceptors (Lipinski definition) is 3. The van der Waals surface area contributed by atoms with Gasteiger partial charge in [-0.25, -0.2) is 0 Å². The predicted molar refractivity (Wildman–Crippen MR) is 84.9 cm³/mol. The van der Waals surface area contributed by atoms with Gasteiger partial charge in [0.1, 0.15) is 5.75 Å². The van der Waals surface area contributed by atoms with E-state index in [1.54, 1.807) is 7.11 Å². The average Bonchev–Trinajstić information content (AvgIpc) is 2.49. The topological polar surface area (TPSA) is 41.6 Å². The van der Waals surface area contributed by atoms with Crippen LogP contribution in [0.3, 0.4) is 0 Å². The van der Waals surface area contributed by atoms with E-state index in [1.165, 1.54) is 0 Å². The van der Waals surface area contributed by atoms with Crippen molar-refractivity contribution in [2.24, 2.45) is 5.92 Å². The third kappa shape index (κ3) is 3.56. The molecule has 1 amide bonds. The molecule has 1 saturated heterocycles. The highest BCUT2D eigenvalue weighted by Crippen LogP contribution is 2.23. The molecule has 2 unspecified atom stereocenters. The van der Waals surface area contributed by atoms with Crippen LogP contribution in [0.5, 0.6) is 5.75 Å². The minimum Gasteiger partial charge on any atom is -0.496 e. The van der Waals surface area contributed by atoms with E-state index in [9.17, 15) is 4.79 Å². The first-order chi connectivity index (χ1) is 10.1. The Morgan fingerprint density at radius 2 is 2.24 bits per heavy atom. The second kappa shape index (κ2) is 6.94. The summed E-state index contributed by atoms with van der Waals surface area (Å²) in [5.41, 5.74) is 1.76. The van der Waals surface area contributed by atoms with Crippen LogP contribution in [0.4, 0.5) is 0 Å². The molecule has 4 nitrogen and oxygen atoms in total. The Labute approximate surface area is 127 Å². The number of ether oxygens (including phenoxy) is 1. The van der Waals surface area contributed by atoms with Crippen molar-refractivity contribution in [1.82, 2.24) is 10.2 Å². The van der Waals surface area contributed by atoms with E-state index in [1.807, 2.05) is 30.0 Å². The maximum absolute atomic E-state index is 12.6. The summed E-state index contributed by atoms with van der Waals surface area (Å²) in [5, 5.41) is 3.50. The Balaban J connectivity index is 2.07. The minimum absolute atomic E-state index is 0.107. The number of amides is 1. The van der Waals surface area contributed by atoms with E-state index < -0.39 is 0 Å². The summed E-state index contributed by atoms with van der Waals surface area (Å²) in [4.78, 5) is 14.6. The molecule has 0 aromatic heterocycles. The molecular weight excluding hydrogens is 264 g/mol. The fourth-order valence-electron chi connectivity index (χ4n) is 3.03. The summed E-state index contributed by atoms with van der Waals surface area (Å²) in [6.45, 7) is 8.93. The normalized spacial score (nSPS) is 22.2. The van der Waals surface area contributed by atoms with Gasteiger partial charge in [0.25, 0.3) is 5.91 Å². The van der Waals surface area contributed by atoms with Crippen LogP contribution >= 0.6 is 0 Å². The second-order valence-electron chi connectivity index (χ2n) is 5.87. The SMILES string of the molecule is CCNC1CCN(C(=O)c2ccc(C)c(OC)c2)CC1C. The molecule has 0 aliphatic carbocycles. The molecule has 1 fully saturated rings. The first-order valence-electron chi connectivity index (χ1n) is 7.74. The number of aryl methyl sites for hydroxylation is 1. The molecule has 0 spiro atoms. The zero-order chi connectivity index (χ0) is 15.4. The molecule has 0 saturated carbocycles. The van der Waals surface area contributed by atoms with Crippen molar-refractivity contribution >= 4 is 5.91 Å². The van der Waals surface area contributed by atoms with Crippen molar-refractivity contribution in [3.8, 4) is 5.75 Å². The zero-order valence-electron chi connectivity index (χ0n) is 13.5. The Morgan fingerprint density at radius 3 is 2.86 bits per heavy atom. The molecule has 0 bridgehead atoms. The highest BCUT2D eigenvalue weighted by Gasteiger charge is 2.28. The summed E-state index contributed by atoms with van der Waals surface area (Å²) < 4.78 is 5.31. The van der Waals surface area contributed by atoms with Crippen LogP contribution < -0.4 is 10.1 Å². The lowest BCUT2D eigenvalue weighted by molar-refractivity contribution is 0.0646. The van der Waals surface area contributed by atoms with Gasteiger partial charge in [-0.05, 0) is 43.5 Å². The molecule has 21 heavy (non-hydrogen) atoms. The fraction of sp³-hybridized carbons (Fsp3) is 0.588. The van der Waals surface area contributed by atoms with Gasteiger partial charge in [-0.3, -0.25) is 4.79 Å². The highest BCUT2D eigenvalue weighted by atomic mass is 16.5. The van der Waals surface area contributed by atoms with Gasteiger partial charge in [-0.15, -0.1) is 0 Å². The van der Waals surface area contributed by atoms with E-state index in [-0.39, 0.29) is 5.91 Å². The number of carbonyl (C=O) groups excluding carboxylic acids is 1. The number of carbonyl (C=O) groups is 1. The summed E-state index contributed by atoms with van der Waals surface area (Å²) >= 11 is 0. The smallest absolute Gasteiger partial charge is 0.253 e. The number of nitrogens with zero attached hydrogens (tertiary/aromatic N) is 1. The Kier molecular flexibility index (Phi) is 5.23. The number of benzene rings is 1. The Bertz CT molecular complexity index is 502. The molecule has 1 aliphatic heterocycles. The molecule has 1 aliphatic rings. The van der Waals surface area contributed by atoms with Gasteiger partial charge in [-0.2, -0.15) is 0 Å². The van der Waals surface area contributed by atoms with E-state index in [4.69, 9.17) is 4.74 Å². The number of piperidine rings is 1. The van der Waals surface area contributed by atoms with Gasteiger partial charge in [0.2, 0.25) is 0 Å². The van der Waals surface area contributed by atoms with Gasteiger partial charge in [0.05, 0.1) is 7.11 Å². The third-order valence-corrected chi connectivity index (χ3v) is 4.31. The number of hydrogen-bond donors (Lipinski definition) is 1.